The highest BCUT2D eigenvalue weighted by Crippen LogP contribution is 2.25. The standard InChI is InChI=1S/C19H17F2N3OS/c1-2-8-25-18-14(9-15(20)10-16(18)21)11-22-24-19-23-17(12-26-19)13-6-4-3-5-7-13/h3-7,9-12H,2,8H2,1H3,(H,23,24). The number of benzene rings is 2. The summed E-state index contributed by atoms with van der Waals surface area (Å²) in [5, 5.41) is 6.51. The third-order valence-electron chi connectivity index (χ3n) is 3.43. The number of aromatic nitrogens is 1. The van der Waals surface area contributed by atoms with Gasteiger partial charge in [-0.25, -0.2) is 13.8 Å². The molecular weight excluding hydrogens is 356 g/mol. The van der Waals surface area contributed by atoms with Crippen LogP contribution in [0.4, 0.5) is 13.9 Å². The Balaban J connectivity index is 1.74. The normalized spacial score (nSPS) is 11.0. The van der Waals surface area contributed by atoms with Crippen LogP contribution in [0.1, 0.15) is 18.9 Å². The summed E-state index contributed by atoms with van der Waals surface area (Å²) >= 11 is 1.39. The number of rotatable bonds is 7. The van der Waals surface area contributed by atoms with E-state index in [0.29, 0.717) is 18.2 Å². The van der Waals surface area contributed by atoms with Crippen molar-refractivity contribution >= 4 is 22.7 Å². The van der Waals surface area contributed by atoms with Crippen LogP contribution in [0.2, 0.25) is 0 Å². The summed E-state index contributed by atoms with van der Waals surface area (Å²) in [7, 11) is 0. The highest BCUT2D eigenvalue weighted by atomic mass is 32.1. The van der Waals surface area contributed by atoms with Gasteiger partial charge in [-0.05, 0) is 12.5 Å². The molecule has 0 radical (unpaired) electrons. The largest absolute Gasteiger partial charge is 0.490 e. The van der Waals surface area contributed by atoms with Crippen LogP contribution in [0.25, 0.3) is 11.3 Å². The lowest BCUT2D eigenvalue weighted by atomic mass is 10.2. The third kappa shape index (κ3) is 4.43. The zero-order chi connectivity index (χ0) is 18.4. The van der Waals surface area contributed by atoms with Crippen molar-refractivity contribution in [3.63, 3.8) is 0 Å². The van der Waals surface area contributed by atoms with Crippen molar-refractivity contribution in [2.24, 2.45) is 5.10 Å². The first kappa shape index (κ1) is 18.0. The molecule has 26 heavy (non-hydrogen) atoms. The van der Waals surface area contributed by atoms with E-state index in [-0.39, 0.29) is 11.3 Å². The third-order valence-corrected chi connectivity index (χ3v) is 4.17. The first-order chi connectivity index (χ1) is 12.7. The molecule has 0 atom stereocenters. The fourth-order valence-electron chi connectivity index (χ4n) is 2.26. The molecule has 7 heteroatoms. The number of halogens is 2. The second kappa shape index (κ2) is 8.53. The van der Waals surface area contributed by atoms with Gasteiger partial charge in [0.2, 0.25) is 5.13 Å². The smallest absolute Gasteiger partial charge is 0.203 e. The SMILES string of the molecule is CCCOc1c(F)cc(F)cc1C=NNc1nc(-c2ccccc2)cs1. The molecule has 2 aromatic carbocycles. The summed E-state index contributed by atoms with van der Waals surface area (Å²) in [5.74, 6) is -1.45. The van der Waals surface area contributed by atoms with E-state index in [0.717, 1.165) is 17.3 Å². The summed E-state index contributed by atoms with van der Waals surface area (Å²) in [6, 6.07) is 11.7. The van der Waals surface area contributed by atoms with E-state index in [1.165, 1.54) is 23.6 Å². The average Bonchev–Trinajstić information content (AvgIpc) is 3.11. The minimum Gasteiger partial charge on any atom is -0.490 e. The molecule has 1 N–H and O–H groups in total. The van der Waals surface area contributed by atoms with Crippen LogP contribution in [0, 0.1) is 11.6 Å². The lowest BCUT2D eigenvalue weighted by molar-refractivity contribution is 0.300. The van der Waals surface area contributed by atoms with Gasteiger partial charge in [0.25, 0.3) is 0 Å². The zero-order valence-corrected chi connectivity index (χ0v) is 14.9. The minimum absolute atomic E-state index is 0.0112. The van der Waals surface area contributed by atoms with Gasteiger partial charge in [0.1, 0.15) is 5.82 Å². The van der Waals surface area contributed by atoms with Crippen LogP contribution in [-0.4, -0.2) is 17.8 Å². The maximum Gasteiger partial charge on any atom is 0.203 e. The fraction of sp³-hybridized carbons (Fsp3) is 0.158. The van der Waals surface area contributed by atoms with Crippen LogP contribution < -0.4 is 10.2 Å². The Morgan fingerprint density at radius 1 is 1.23 bits per heavy atom. The summed E-state index contributed by atoms with van der Waals surface area (Å²) in [4.78, 5) is 4.43. The van der Waals surface area contributed by atoms with Crippen LogP contribution in [0.5, 0.6) is 5.75 Å². The summed E-state index contributed by atoms with van der Waals surface area (Å²) in [6.07, 6.45) is 2.04. The minimum atomic E-state index is -0.750. The zero-order valence-electron chi connectivity index (χ0n) is 14.1. The lowest BCUT2D eigenvalue weighted by Crippen LogP contribution is -2.03. The number of nitrogens with zero attached hydrogens (tertiary/aromatic N) is 2. The first-order valence-corrected chi connectivity index (χ1v) is 8.97. The van der Waals surface area contributed by atoms with E-state index in [4.69, 9.17) is 4.74 Å². The molecule has 3 rings (SSSR count). The molecule has 3 aromatic rings. The Kier molecular flexibility index (Phi) is 5.91. The molecule has 0 saturated carbocycles. The first-order valence-electron chi connectivity index (χ1n) is 8.09. The van der Waals surface area contributed by atoms with Gasteiger partial charge in [-0.1, -0.05) is 37.3 Å². The molecule has 0 saturated heterocycles. The molecule has 0 spiro atoms. The van der Waals surface area contributed by atoms with Gasteiger partial charge in [-0.2, -0.15) is 5.10 Å². The molecule has 1 heterocycles. The number of hydrazone groups is 1. The van der Waals surface area contributed by atoms with Crippen molar-refractivity contribution in [3.8, 4) is 17.0 Å². The van der Waals surface area contributed by atoms with Crippen LogP contribution in [-0.2, 0) is 0 Å². The lowest BCUT2D eigenvalue weighted by Gasteiger charge is -2.09. The van der Waals surface area contributed by atoms with Crippen molar-refractivity contribution in [1.29, 1.82) is 0 Å². The second-order valence-electron chi connectivity index (χ2n) is 5.43. The Hall–Kier alpha value is -2.80. The van der Waals surface area contributed by atoms with Gasteiger partial charge in [0.15, 0.2) is 11.6 Å². The van der Waals surface area contributed by atoms with Crippen LogP contribution in [0.15, 0.2) is 52.9 Å². The van der Waals surface area contributed by atoms with Gasteiger partial charge >= 0.3 is 0 Å². The molecule has 0 fully saturated rings. The summed E-state index contributed by atoms with van der Waals surface area (Å²) < 4.78 is 32.8. The molecule has 0 aliphatic carbocycles. The van der Waals surface area contributed by atoms with Crippen molar-refractivity contribution in [2.75, 3.05) is 12.0 Å². The molecule has 0 amide bonds. The topological polar surface area (TPSA) is 46.5 Å². The molecule has 4 nitrogen and oxygen atoms in total. The molecule has 0 bridgehead atoms. The Morgan fingerprint density at radius 3 is 2.81 bits per heavy atom. The van der Waals surface area contributed by atoms with Gasteiger partial charge in [-0.3, -0.25) is 5.43 Å². The van der Waals surface area contributed by atoms with E-state index < -0.39 is 11.6 Å². The predicted octanol–water partition coefficient (Wildman–Crippen LogP) is 5.32. The number of nitrogens with one attached hydrogen (secondary N) is 1. The number of hydrogen-bond acceptors (Lipinski definition) is 5. The van der Waals surface area contributed by atoms with E-state index >= 15 is 0 Å². The number of hydrogen-bond donors (Lipinski definition) is 1. The number of anilines is 1. The van der Waals surface area contributed by atoms with E-state index in [9.17, 15) is 8.78 Å². The Labute approximate surface area is 154 Å². The quantitative estimate of drug-likeness (QED) is 0.450. The van der Waals surface area contributed by atoms with Crippen molar-refractivity contribution in [3.05, 3.63) is 65.0 Å². The van der Waals surface area contributed by atoms with Crippen molar-refractivity contribution in [1.82, 2.24) is 4.98 Å². The maximum atomic E-state index is 13.9. The van der Waals surface area contributed by atoms with Crippen molar-refractivity contribution < 1.29 is 13.5 Å². The molecule has 0 unspecified atom stereocenters. The highest BCUT2D eigenvalue weighted by Gasteiger charge is 2.11. The van der Waals surface area contributed by atoms with Crippen molar-refractivity contribution in [2.45, 2.75) is 13.3 Å². The summed E-state index contributed by atoms with van der Waals surface area (Å²) in [5.41, 5.74) is 4.84. The number of thiazole rings is 1. The summed E-state index contributed by atoms with van der Waals surface area (Å²) in [6.45, 7) is 2.24. The Bertz CT molecular complexity index is 897. The second-order valence-corrected chi connectivity index (χ2v) is 6.29. The van der Waals surface area contributed by atoms with Gasteiger partial charge in [0, 0.05) is 22.6 Å². The molecule has 134 valence electrons. The predicted molar refractivity (Wildman–Crippen MR) is 101 cm³/mol. The maximum absolute atomic E-state index is 13.9. The van der Waals surface area contributed by atoms with E-state index in [1.54, 1.807) is 0 Å². The molecule has 0 aliphatic heterocycles. The number of ether oxygens (including phenoxy) is 1. The van der Waals surface area contributed by atoms with Gasteiger partial charge in [0.05, 0.1) is 18.5 Å². The van der Waals surface area contributed by atoms with E-state index in [2.05, 4.69) is 15.5 Å². The average molecular weight is 373 g/mol. The molecule has 0 aliphatic rings. The molecular formula is C19H17F2N3OS. The molecule has 1 aromatic heterocycles. The van der Waals surface area contributed by atoms with Gasteiger partial charge in [-0.15, -0.1) is 11.3 Å². The van der Waals surface area contributed by atoms with Crippen LogP contribution >= 0.6 is 11.3 Å². The monoisotopic (exact) mass is 373 g/mol. The van der Waals surface area contributed by atoms with E-state index in [1.807, 2.05) is 42.6 Å². The highest BCUT2D eigenvalue weighted by molar-refractivity contribution is 7.14. The van der Waals surface area contributed by atoms with Gasteiger partial charge < -0.3 is 4.74 Å². The Morgan fingerprint density at radius 2 is 2.04 bits per heavy atom. The van der Waals surface area contributed by atoms with Crippen LogP contribution in [0.3, 0.4) is 0 Å². The fourth-order valence-corrected chi connectivity index (χ4v) is 2.92.